The summed E-state index contributed by atoms with van der Waals surface area (Å²) in [4.78, 5) is 17.4. The SMILES string of the molecule is Cc1nn(-c2c(F)c(F)nc(C(F)(F)F)c2F)c(O)c1C(=O)c1cc(F)nc(F)c1.[Mn]. The minimum absolute atomic E-state index is 0. The Bertz CT molecular complexity index is 1180. The van der Waals surface area contributed by atoms with Crippen molar-refractivity contribution >= 4 is 5.78 Å². The second-order valence-corrected chi connectivity index (χ2v) is 5.75. The maximum Gasteiger partial charge on any atom is 0.436 e. The number of pyridine rings is 2. The van der Waals surface area contributed by atoms with Gasteiger partial charge in [0.05, 0.1) is 5.69 Å². The Morgan fingerprint density at radius 1 is 1.00 bits per heavy atom. The first-order valence-corrected chi connectivity index (χ1v) is 7.61. The van der Waals surface area contributed by atoms with Crippen molar-refractivity contribution in [2.45, 2.75) is 13.1 Å². The molecule has 0 atom stereocenters. The Morgan fingerprint density at radius 2 is 1.55 bits per heavy atom. The van der Waals surface area contributed by atoms with Crippen molar-refractivity contribution in [2.75, 3.05) is 0 Å². The van der Waals surface area contributed by atoms with E-state index in [1.54, 1.807) is 0 Å². The second-order valence-electron chi connectivity index (χ2n) is 5.75. The number of hydrogen-bond acceptors (Lipinski definition) is 5. The van der Waals surface area contributed by atoms with Crippen molar-refractivity contribution in [3.63, 3.8) is 0 Å². The summed E-state index contributed by atoms with van der Waals surface area (Å²) in [6, 6.07) is 0.938. The van der Waals surface area contributed by atoms with Crippen LogP contribution in [0, 0.1) is 36.4 Å². The van der Waals surface area contributed by atoms with E-state index in [0.29, 0.717) is 12.1 Å². The van der Waals surface area contributed by atoms with E-state index in [9.17, 15) is 45.0 Å². The van der Waals surface area contributed by atoms with Gasteiger partial charge in [-0.25, -0.2) is 9.37 Å². The first-order chi connectivity index (χ1) is 13.8. The molecule has 0 spiro atoms. The summed E-state index contributed by atoms with van der Waals surface area (Å²) in [5.41, 5.74) is -6.29. The fourth-order valence-corrected chi connectivity index (χ4v) is 2.55. The number of aromatic nitrogens is 4. The van der Waals surface area contributed by atoms with Crippen LogP contribution < -0.4 is 0 Å². The van der Waals surface area contributed by atoms with Gasteiger partial charge in [-0.05, 0) is 6.92 Å². The van der Waals surface area contributed by atoms with Crippen molar-refractivity contribution in [1.82, 2.24) is 19.7 Å². The van der Waals surface area contributed by atoms with Crippen molar-refractivity contribution in [2.24, 2.45) is 0 Å². The predicted molar refractivity (Wildman–Crippen MR) is 80.2 cm³/mol. The summed E-state index contributed by atoms with van der Waals surface area (Å²) < 4.78 is 107. The smallest absolute Gasteiger partial charge is 0.436 e. The fraction of sp³-hybridized carbons (Fsp3) is 0.125. The maximum absolute atomic E-state index is 14.3. The van der Waals surface area contributed by atoms with Crippen LogP contribution in [0.2, 0.25) is 0 Å². The molecular formula is C16H6F8MnN4O2. The van der Waals surface area contributed by atoms with Gasteiger partial charge in [-0.15, -0.1) is 0 Å². The molecule has 0 unspecified atom stereocenters. The number of hydrogen-bond donors (Lipinski definition) is 1. The Balaban J connectivity index is 0.00000341. The number of carbonyl (C=O) groups excluding carboxylic acids is 1. The Hall–Kier alpha value is -3.06. The summed E-state index contributed by atoms with van der Waals surface area (Å²) in [5, 5.41) is 13.5. The zero-order chi connectivity index (χ0) is 22.5. The van der Waals surface area contributed by atoms with Gasteiger partial charge >= 0.3 is 6.18 Å². The molecule has 3 heterocycles. The Labute approximate surface area is 177 Å². The van der Waals surface area contributed by atoms with Crippen LogP contribution in [0.3, 0.4) is 0 Å². The number of halogens is 8. The van der Waals surface area contributed by atoms with Crippen LogP contribution in [0.5, 0.6) is 5.88 Å². The van der Waals surface area contributed by atoms with Crippen LogP contribution in [0.15, 0.2) is 12.1 Å². The van der Waals surface area contributed by atoms with Crippen molar-refractivity contribution in [3.8, 4) is 11.6 Å². The molecule has 0 aromatic carbocycles. The third-order valence-electron chi connectivity index (χ3n) is 3.78. The summed E-state index contributed by atoms with van der Waals surface area (Å²) in [6.45, 7) is 0.995. The Kier molecular flexibility index (Phi) is 6.43. The molecule has 3 aromatic rings. The van der Waals surface area contributed by atoms with Gasteiger partial charge in [0.25, 0.3) is 5.95 Å². The molecule has 15 heteroatoms. The summed E-state index contributed by atoms with van der Waals surface area (Å²) in [6.07, 6.45) is -5.53. The largest absolute Gasteiger partial charge is 0.493 e. The van der Waals surface area contributed by atoms with Crippen LogP contribution in [0.1, 0.15) is 27.3 Å². The zero-order valence-corrected chi connectivity index (χ0v) is 15.9. The average Bonchev–Trinajstić information content (AvgIpc) is 2.90. The zero-order valence-electron chi connectivity index (χ0n) is 14.7. The summed E-state index contributed by atoms with van der Waals surface area (Å²) >= 11 is 0. The summed E-state index contributed by atoms with van der Waals surface area (Å²) in [7, 11) is 0. The normalized spacial score (nSPS) is 11.4. The van der Waals surface area contributed by atoms with Gasteiger partial charge in [0.15, 0.2) is 11.5 Å². The molecule has 0 saturated heterocycles. The molecule has 3 rings (SSSR count). The topological polar surface area (TPSA) is 80.9 Å². The predicted octanol–water partition coefficient (Wildman–Crippen LogP) is 3.62. The van der Waals surface area contributed by atoms with Gasteiger partial charge < -0.3 is 5.11 Å². The molecule has 0 fully saturated rings. The van der Waals surface area contributed by atoms with Gasteiger partial charge in [-0.1, -0.05) is 0 Å². The molecule has 0 saturated carbocycles. The van der Waals surface area contributed by atoms with Crippen LogP contribution in [-0.4, -0.2) is 30.6 Å². The molecule has 0 aliphatic carbocycles. The van der Waals surface area contributed by atoms with Crippen molar-refractivity contribution < 1.29 is 62.1 Å². The minimum Gasteiger partial charge on any atom is -0.493 e. The van der Waals surface area contributed by atoms with Crippen molar-refractivity contribution in [1.29, 1.82) is 0 Å². The number of aromatic hydroxyl groups is 1. The molecule has 1 radical (unpaired) electrons. The average molecular weight is 493 g/mol. The molecule has 0 bridgehead atoms. The first kappa shape index (κ1) is 24.2. The number of alkyl halides is 3. The molecule has 0 amide bonds. The van der Waals surface area contributed by atoms with Crippen LogP contribution in [0.25, 0.3) is 5.69 Å². The molecule has 1 N–H and O–H groups in total. The Morgan fingerprint density at radius 3 is 2.06 bits per heavy atom. The molecule has 6 nitrogen and oxygen atoms in total. The molecular weight excluding hydrogens is 487 g/mol. The van der Waals surface area contributed by atoms with E-state index in [-0.39, 0.29) is 21.8 Å². The van der Waals surface area contributed by atoms with E-state index in [2.05, 4.69) is 15.1 Å². The maximum atomic E-state index is 14.3. The van der Waals surface area contributed by atoms with E-state index < -0.39 is 75.5 Å². The van der Waals surface area contributed by atoms with E-state index in [4.69, 9.17) is 0 Å². The molecule has 0 aliphatic heterocycles. The quantitative estimate of drug-likeness (QED) is 0.261. The number of carbonyl (C=O) groups is 1. The number of ketones is 1. The van der Waals surface area contributed by atoms with E-state index in [1.165, 1.54) is 0 Å². The fourth-order valence-electron chi connectivity index (χ4n) is 2.55. The molecule has 0 aliphatic rings. The van der Waals surface area contributed by atoms with Gasteiger partial charge in [-0.2, -0.15) is 45.5 Å². The van der Waals surface area contributed by atoms with Gasteiger partial charge in [0, 0.05) is 34.8 Å². The van der Waals surface area contributed by atoms with Crippen LogP contribution in [-0.2, 0) is 23.2 Å². The van der Waals surface area contributed by atoms with Crippen molar-refractivity contribution in [3.05, 3.63) is 64.1 Å². The van der Waals surface area contributed by atoms with E-state index in [1.807, 2.05) is 0 Å². The molecule has 31 heavy (non-hydrogen) atoms. The van der Waals surface area contributed by atoms with Gasteiger partial charge in [0.2, 0.25) is 29.4 Å². The summed E-state index contributed by atoms with van der Waals surface area (Å²) in [5.74, 6) is -12.5. The number of nitrogens with zero attached hydrogens (tertiary/aromatic N) is 4. The molecule has 165 valence electrons. The van der Waals surface area contributed by atoms with Gasteiger partial charge in [-0.3, -0.25) is 4.79 Å². The minimum atomic E-state index is -5.53. The van der Waals surface area contributed by atoms with E-state index in [0.717, 1.165) is 6.92 Å². The monoisotopic (exact) mass is 493 g/mol. The third-order valence-corrected chi connectivity index (χ3v) is 3.78. The third kappa shape index (κ3) is 4.23. The van der Waals surface area contributed by atoms with Crippen LogP contribution in [0.4, 0.5) is 35.1 Å². The standard InChI is InChI=1S/C16H6F8N4O2.Mn/c1-4-8(12(29)5-2-6(17)25-7(18)3-5)15(30)28(27-4)11-9(19)13(16(22,23)24)26-14(21)10(11)20;/h2-3,30H,1H3;. The van der Waals surface area contributed by atoms with Gasteiger partial charge in [0.1, 0.15) is 11.3 Å². The molecule has 3 aromatic heterocycles. The first-order valence-electron chi connectivity index (χ1n) is 7.61. The van der Waals surface area contributed by atoms with Crippen LogP contribution >= 0.6 is 0 Å². The second kappa shape index (κ2) is 8.23. The van der Waals surface area contributed by atoms with E-state index >= 15 is 0 Å². The number of aryl methyl sites for hydroxylation is 1. The number of rotatable bonds is 3.